The predicted octanol–water partition coefficient (Wildman–Crippen LogP) is 1.44. The van der Waals surface area contributed by atoms with Gasteiger partial charge in [0.2, 0.25) is 6.41 Å². The molecule has 0 unspecified atom stereocenters. The predicted molar refractivity (Wildman–Crippen MR) is 101 cm³/mol. The number of aromatic nitrogens is 1. The monoisotopic (exact) mass is 374 g/mol. The fraction of sp³-hybridized carbons (Fsp3) is 0.200. The molecule has 0 bridgehead atoms. The lowest BCUT2D eigenvalue weighted by molar-refractivity contribution is -0.115. The summed E-state index contributed by atoms with van der Waals surface area (Å²) in [7, 11) is 3.38. The number of hydrogen-bond donors (Lipinski definition) is 1. The normalized spacial score (nSPS) is 9.58. The van der Waals surface area contributed by atoms with Crippen LogP contribution in [-0.2, 0) is 4.79 Å². The summed E-state index contributed by atoms with van der Waals surface area (Å²) in [6.45, 7) is 4.03. The Bertz CT molecular complexity index is 867. The summed E-state index contributed by atoms with van der Waals surface area (Å²) in [4.78, 5) is 15.5. The molecule has 2 aromatic carbocycles. The average molecular weight is 375 g/mol. The second-order valence-corrected chi connectivity index (χ2v) is 5.98. The number of carbonyl (C=O) groups excluding carboxylic acids is 1. The van der Waals surface area contributed by atoms with Crippen LogP contribution in [0, 0.1) is 19.7 Å². The molecule has 0 fully saturated rings. The molecule has 138 valence electrons. The SMILES string of the molecule is CN(C)C=O.Cc1cc(Nc2ccc(F)cc2)c2cccc(C)c2n1.[Cl-]. The molecule has 1 aromatic heterocycles. The van der Waals surface area contributed by atoms with Crippen molar-refractivity contribution in [2.75, 3.05) is 19.4 Å². The molecule has 1 N–H and O–H groups in total. The van der Waals surface area contributed by atoms with Crippen LogP contribution in [0.3, 0.4) is 0 Å². The number of nitrogens with one attached hydrogen (secondary N) is 1. The minimum atomic E-state index is -0.234. The summed E-state index contributed by atoms with van der Waals surface area (Å²) in [5, 5.41) is 4.40. The second kappa shape index (κ2) is 9.73. The van der Waals surface area contributed by atoms with E-state index >= 15 is 0 Å². The standard InChI is InChI=1S/C17H15FN2.C3H7NO.ClH/c1-11-4-3-5-15-16(10-12(2)19-17(11)15)20-14-8-6-13(18)7-9-14;1-4(2)3-5;/h3-10H,1-2H3,(H,19,20);3H,1-2H3;1H/p-1. The smallest absolute Gasteiger partial charge is 0.209 e. The number of hydrogen-bond acceptors (Lipinski definition) is 3. The molecule has 0 atom stereocenters. The highest BCUT2D eigenvalue weighted by molar-refractivity contribution is 5.94. The molecule has 3 aromatic rings. The van der Waals surface area contributed by atoms with E-state index in [0.29, 0.717) is 0 Å². The van der Waals surface area contributed by atoms with E-state index < -0.39 is 0 Å². The lowest BCUT2D eigenvalue weighted by Crippen LogP contribution is -3.00. The van der Waals surface area contributed by atoms with E-state index in [9.17, 15) is 9.18 Å². The Morgan fingerprint density at radius 2 is 1.69 bits per heavy atom. The summed E-state index contributed by atoms with van der Waals surface area (Å²) < 4.78 is 13.0. The molecule has 6 heteroatoms. The highest BCUT2D eigenvalue weighted by Gasteiger charge is 2.06. The Labute approximate surface area is 159 Å². The van der Waals surface area contributed by atoms with Crippen LogP contribution in [0.15, 0.2) is 48.5 Å². The number of carbonyl (C=O) groups is 1. The molecular weight excluding hydrogens is 353 g/mol. The van der Waals surface area contributed by atoms with Crippen LogP contribution in [0.4, 0.5) is 15.8 Å². The van der Waals surface area contributed by atoms with E-state index in [1.807, 2.05) is 25.1 Å². The third-order valence-corrected chi connectivity index (χ3v) is 3.50. The molecular formula is C20H22ClFN3O-. The lowest BCUT2D eigenvalue weighted by Gasteiger charge is -2.12. The van der Waals surface area contributed by atoms with Crippen LogP contribution >= 0.6 is 0 Å². The summed E-state index contributed by atoms with van der Waals surface area (Å²) >= 11 is 0. The van der Waals surface area contributed by atoms with Crippen molar-refractivity contribution in [2.24, 2.45) is 0 Å². The van der Waals surface area contributed by atoms with Crippen LogP contribution < -0.4 is 17.7 Å². The molecule has 4 nitrogen and oxygen atoms in total. The number of pyridine rings is 1. The Balaban J connectivity index is 0.000000501. The van der Waals surface area contributed by atoms with Gasteiger partial charge in [-0.2, -0.15) is 0 Å². The zero-order chi connectivity index (χ0) is 18.4. The number of anilines is 2. The van der Waals surface area contributed by atoms with Crippen LogP contribution in [0.2, 0.25) is 0 Å². The molecule has 0 aliphatic heterocycles. The first-order valence-electron chi connectivity index (χ1n) is 7.92. The van der Waals surface area contributed by atoms with Crippen LogP contribution in [0.25, 0.3) is 10.9 Å². The van der Waals surface area contributed by atoms with Gasteiger partial charge in [-0.05, 0) is 49.7 Å². The largest absolute Gasteiger partial charge is 1.00 e. The highest BCUT2D eigenvalue weighted by Crippen LogP contribution is 2.28. The molecule has 0 aliphatic rings. The Morgan fingerprint density at radius 1 is 1.08 bits per heavy atom. The third-order valence-electron chi connectivity index (χ3n) is 3.50. The average Bonchev–Trinajstić information content (AvgIpc) is 2.58. The molecule has 0 aliphatic carbocycles. The first kappa shape index (κ1) is 21.4. The minimum Gasteiger partial charge on any atom is -1.00 e. The van der Waals surface area contributed by atoms with Gasteiger partial charge in [0.1, 0.15) is 5.82 Å². The topological polar surface area (TPSA) is 45.2 Å². The van der Waals surface area contributed by atoms with Crippen molar-refractivity contribution in [2.45, 2.75) is 13.8 Å². The van der Waals surface area contributed by atoms with Gasteiger partial charge in [-0.15, -0.1) is 0 Å². The quantitative estimate of drug-likeness (QED) is 0.706. The maximum atomic E-state index is 13.0. The summed E-state index contributed by atoms with van der Waals surface area (Å²) in [6, 6.07) is 14.5. The number of amides is 1. The number of aryl methyl sites for hydroxylation is 2. The molecule has 1 heterocycles. The van der Waals surface area contributed by atoms with Crippen molar-refractivity contribution in [1.82, 2.24) is 9.88 Å². The van der Waals surface area contributed by atoms with Gasteiger partial charge in [0.05, 0.1) is 5.52 Å². The van der Waals surface area contributed by atoms with Crippen molar-refractivity contribution in [3.63, 3.8) is 0 Å². The Hall–Kier alpha value is -2.66. The van der Waals surface area contributed by atoms with Crippen LogP contribution in [0.1, 0.15) is 11.3 Å². The fourth-order valence-corrected chi connectivity index (χ4v) is 2.31. The van der Waals surface area contributed by atoms with Gasteiger partial charge in [-0.3, -0.25) is 9.78 Å². The highest BCUT2D eigenvalue weighted by atomic mass is 35.5. The maximum absolute atomic E-state index is 13.0. The van der Waals surface area contributed by atoms with Crippen molar-refractivity contribution >= 4 is 28.7 Å². The van der Waals surface area contributed by atoms with Gasteiger partial charge in [-0.25, -0.2) is 4.39 Å². The zero-order valence-corrected chi connectivity index (χ0v) is 16.0. The van der Waals surface area contributed by atoms with Gasteiger partial charge in [0.25, 0.3) is 0 Å². The van der Waals surface area contributed by atoms with Gasteiger partial charge < -0.3 is 22.6 Å². The molecule has 0 saturated heterocycles. The number of halogens is 2. The summed E-state index contributed by atoms with van der Waals surface area (Å²) in [6.07, 6.45) is 0.750. The number of rotatable bonds is 3. The molecule has 0 saturated carbocycles. The van der Waals surface area contributed by atoms with E-state index in [2.05, 4.69) is 23.3 Å². The maximum Gasteiger partial charge on any atom is 0.209 e. The van der Waals surface area contributed by atoms with Crippen molar-refractivity contribution in [1.29, 1.82) is 0 Å². The zero-order valence-electron chi connectivity index (χ0n) is 15.3. The summed E-state index contributed by atoms with van der Waals surface area (Å²) in [5.41, 5.74) is 4.95. The minimum absolute atomic E-state index is 0. The Kier molecular flexibility index (Phi) is 8.00. The fourth-order valence-electron chi connectivity index (χ4n) is 2.31. The molecule has 0 radical (unpaired) electrons. The first-order chi connectivity index (χ1) is 11.9. The van der Waals surface area contributed by atoms with E-state index in [1.54, 1.807) is 26.2 Å². The lowest BCUT2D eigenvalue weighted by atomic mass is 10.1. The number of para-hydroxylation sites is 1. The van der Waals surface area contributed by atoms with E-state index in [1.165, 1.54) is 17.0 Å². The third kappa shape index (κ3) is 5.70. The van der Waals surface area contributed by atoms with Gasteiger partial charge >= 0.3 is 0 Å². The summed E-state index contributed by atoms with van der Waals surface area (Å²) in [5.74, 6) is -0.234. The van der Waals surface area contributed by atoms with Crippen molar-refractivity contribution in [3.05, 3.63) is 65.6 Å². The van der Waals surface area contributed by atoms with Crippen molar-refractivity contribution < 1.29 is 21.6 Å². The molecule has 26 heavy (non-hydrogen) atoms. The Morgan fingerprint density at radius 3 is 2.27 bits per heavy atom. The van der Waals surface area contributed by atoms with E-state index in [-0.39, 0.29) is 18.2 Å². The number of benzene rings is 2. The van der Waals surface area contributed by atoms with Gasteiger partial charge in [-0.1, -0.05) is 18.2 Å². The van der Waals surface area contributed by atoms with E-state index in [0.717, 1.165) is 39.9 Å². The molecule has 1 amide bonds. The van der Waals surface area contributed by atoms with Gasteiger partial charge in [0, 0.05) is 36.6 Å². The first-order valence-corrected chi connectivity index (χ1v) is 7.92. The van der Waals surface area contributed by atoms with Crippen molar-refractivity contribution in [3.8, 4) is 0 Å². The molecule has 3 rings (SSSR count). The van der Waals surface area contributed by atoms with Crippen LogP contribution in [0.5, 0.6) is 0 Å². The van der Waals surface area contributed by atoms with E-state index in [4.69, 9.17) is 0 Å². The molecule has 0 spiro atoms. The number of nitrogens with zero attached hydrogens (tertiary/aromatic N) is 2. The van der Waals surface area contributed by atoms with Crippen LogP contribution in [-0.4, -0.2) is 30.4 Å². The number of fused-ring (bicyclic) bond motifs is 1. The second-order valence-electron chi connectivity index (χ2n) is 5.98. The van der Waals surface area contributed by atoms with Gasteiger partial charge in [0.15, 0.2) is 0 Å².